The van der Waals surface area contributed by atoms with Gasteiger partial charge in [0.1, 0.15) is 4.70 Å². The highest BCUT2D eigenvalue weighted by molar-refractivity contribution is 7.17. The molecule has 1 N–H and O–H groups in total. The minimum absolute atomic E-state index is 0.0194. The summed E-state index contributed by atoms with van der Waals surface area (Å²) in [5, 5.41) is 10.6. The number of allylic oxidation sites excluding steroid dienone is 3. The van der Waals surface area contributed by atoms with Crippen molar-refractivity contribution >= 4 is 45.2 Å². The van der Waals surface area contributed by atoms with Gasteiger partial charge in [0, 0.05) is 47.4 Å². The van der Waals surface area contributed by atoms with E-state index in [4.69, 9.17) is 9.83 Å². The first-order valence-electron chi connectivity index (χ1n) is 11.4. The normalized spacial score (nSPS) is 15.3. The number of nitrogens with one attached hydrogen (secondary N) is 1. The third kappa shape index (κ3) is 4.70. The van der Waals surface area contributed by atoms with Crippen molar-refractivity contribution in [2.75, 3.05) is 18.0 Å². The van der Waals surface area contributed by atoms with Crippen LogP contribution in [0.15, 0.2) is 73.8 Å². The van der Waals surface area contributed by atoms with Crippen LogP contribution in [0.25, 0.3) is 21.4 Å². The van der Waals surface area contributed by atoms with Gasteiger partial charge in [0.25, 0.3) is 0 Å². The average Bonchev–Trinajstić information content (AvgIpc) is 3.31. The number of aldehydes is 1. The van der Waals surface area contributed by atoms with Crippen LogP contribution in [0.3, 0.4) is 0 Å². The molecule has 6 nitrogen and oxygen atoms in total. The quantitative estimate of drug-likeness (QED) is 0.259. The first kappa shape index (κ1) is 23.6. The van der Waals surface area contributed by atoms with E-state index in [9.17, 15) is 9.59 Å². The molecule has 7 heteroatoms. The molecule has 1 aromatic carbocycles. The molecule has 2 aromatic heterocycles. The number of thiophene rings is 1. The van der Waals surface area contributed by atoms with E-state index < -0.39 is 0 Å². The molecule has 1 saturated heterocycles. The molecule has 0 spiro atoms. The Morgan fingerprint density at radius 2 is 1.88 bits per heavy atom. The summed E-state index contributed by atoms with van der Waals surface area (Å²) in [4.78, 5) is 30.7. The van der Waals surface area contributed by atoms with Gasteiger partial charge in [-0.05, 0) is 38.7 Å². The topological polar surface area (TPSA) is 86.7 Å². The van der Waals surface area contributed by atoms with Crippen LogP contribution in [-0.4, -0.2) is 30.8 Å². The van der Waals surface area contributed by atoms with Gasteiger partial charge in [-0.25, -0.2) is 0 Å². The molecule has 0 radical (unpaired) electrons. The summed E-state index contributed by atoms with van der Waals surface area (Å²) < 4.78 is 6.86. The van der Waals surface area contributed by atoms with Crippen LogP contribution >= 0.6 is 11.3 Å². The monoisotopic (exact) mass is 473 g/mol. The van der Waals surface area contributed by atoms with E-state index in [0.29, 0.717) is 39.3 Å². The van der Waals surface area contributed by atoms with E-state index >= 15 is 0 Å². The zero-order valence-corrected chi connectivity index (χ0v) is 20.2. The summed E-state index contributed by atoms with van der Waals surface area (Å²) in [5.74, 6) is 0.632. The van der Waals surface area contributed by atoms with Crippen molar-refractivity contribution in [3.05, 3.63) is 75.4 Å². The number of aliphatic imine (C=N–C) groups is 1. The number of anilines is 1. The third-order valence-corrected chi connectivity index (χ3v) is 6.86. The first-order chi connectivity index (χ1) is 16.6. The maximum Gasteiger partial charge on any atom is 0.204 e. The Bertz CT molecular complexity index is 1350. The number of benzene rings is 1. The summed E-state index contributed by atoms with van der Waals surface area (Å²) in [6.07, 6.45) is 9.10. The molecule has 0 bridgehead atoms. The highest BCUT2D eigenvalue weighted by Gasteiger charge is 2.19. The molecule has 0 amide bonds. The van der Waals surface area contributed by atoms with Crippen LogP contribution in [0.4, 0.5) is 5.88 Å². The summed E-state index contributed by atoms with van der Waals surface area (Å²) in [5.41, 5.74) is 3.84. The number of hydrogen-bond acceptors (Lipinski definition) is 7. The summed E-state index contributed by atoms with van der Waals surface area (Å²) in [6.45, 7) is 5.38. The molecule has 1 aliphatic rings. The summed E-state index contributed by atoms with van der Waals surface area (Å²) in [7, 11) is 0. The molecule has 1 aliphatic heterocycles. The molecule has 34 heavy (non-hydrogen) atoms. The Hall–Kier alpha value is -3.58. The minimum atomic E-state index is -0.0194. The SMILES string of the molecule is C\C=C/N=C(C(=N)c1ccc(-c2csc3c(=O)cc(N4CCCCC4)oc23)cc1)\C(C=O)=C/C. The van der Waals surface area contributed by atoms with Crippen LogP contribution < -0.4 is 10.3 Å². The van der Waals surface area contributed by atoms with Gasteiger partial charge in [-0.3, -0.25) is 20.0 Å². The Balaban J connectivity index is 1.69. The summed E-state index contributed by atoms with van der Waals surface area (Å²) in [6, 6.07) is 9.08. The average molecular weight is 474 g/mol. The standard InChI is InChI=1S/C27H27N3O3S/c1-3-12-29-25(18(4-2)16-31)24(28)20-10-8-19(9-11-20)21-17-34-27-22(32)15-23(33-26(21)27)30-13-6-5-7-14-30/h3-4,8-12,15-17,28H,5-7,13-14H2,1-2H3/b12-3-,18-4-,28-24?,29-25+. The van der Waals surface area contributed by atoms with Gasteiger partial charge in [0.15, 0.2) is 17.8 Å². The molecule has 1 fully saturated rings. The predicted molar refractivity (Wildman–Crippen MR) is 141 cm³/mol. The molecular formula is C27H27N3O3S. The number of hydrogen-bond donors (Lipinski definition) is 1. The molecule has 4 rings (SSSR count). The lowest BCUT2D eigenvalue weighted by Gasteiger charge is -2.26. The highest BCUT2D eigenvalue weighted by atomic mass is 32.1. The Morgan fingerprint density at radius 3 is 2.53 bits per heavy atom. The van der Waals surface area contributed by atoms with Gasteiger partial charge in [-0.1, -0.05) is 36.4 Å². The molecule has 3 heterocycles. The second-order valence-corrected chi connectivity index (χ2v) is 8.96. The highest BCUT2D eigenvalue weighted by Crippen LogP contribution is 2.35. The third-order valence-electron chi connectivity index (χ3n) is 5.88. The van der Waals surface area contributed by atoms with Gasteiger partial charge in [0.05, 0.1) is 11.4 Å². The van der Waals surface area contributed by atoms with Crippen molar-refractivity contribution in [2.24, 2.45) is 4.99 Å². The fourth-order valence-electron chi connectivity index (χ4n) is 4.05. The lowest BCUT2D eigenvalue weighted by atomic mass is 9.98. The minimum Gasteiger partial charge on any atom is -0.439 e. The lowest BCUT2D eigenvalue weighted by molar-refractivity contribution is -0.104. The van der Waals surface area contributed by atoms with Gasteiger partial charge < -0.3 is 9.32 Å². The lowest BCUT2D eigenvalue weighted by Crippen LogP contribution is -2.29. The number of rotatable bonds is 7. The van der Waals surface area contributed by atoms with Crippen LogP contribution in [0.2, 0.25) is 0 Å². The van der Waals surface area contributed by atoms with Crippen molar-refractivity contribution in [3.63, 3.8) is 0 Å². The number of carbonyl (C=O) groups excluding carboxylic acids is 1. The summed E-state index contributed by atoms with van der Waals surface area (Å²) >= 11 is 1.39. The van der Waals surface area contributed by atoms with E-state index in [0.717, 1.165) is 37.1 Å². The largest absolute Gasteiger partial charge is 0.439 e. The fourth-order valence-corrected chi connectivity index (χ4v) is 4.96. The Kier molecular flexibility index (Phi) is 7.33. The number of piperidine rings is 1. The molecule has 3 aromatic rings. The molecule has 0 aliphatic carbocycles. The van der Waals surface area contributed by atoms with Crippen LogP contribution in [0.5, 0.6) is 0 Å². The second kappa shape index (κ2) is 10.6. The van der Waals surface area contributed by atoms with Gasteiger partial charge in [0.2, 0.25) is 5.43 Å². The van der Waals surface area contributed by atoms with Gasteiger partial charge >= 0.3 is 0 Å². The van der Waals surface area contributed by atoms with Crippen LogP contribution in [-0.2, 0) is 4.79 Å². The number of fused-ring (bicyclic) bond motifs is 1. The van der Waals surface area contributed by atoms with Crippen molar-refractivity contribution in [1.29, 1.82) is 5.41 Å². The van der Waals surface area contributed by atoms with Gasteiger partial charge in [-0.15, -0.1) is 11.3 Å². The van der Waals surface area contributed by atoms with Crippen LogP contribution in [0.1, 0.15) is 38.7 Å². The Morgan fingerprint density at radius 1 is 1.15 bits per heavy atom. The molecule has 0 atom stereocenters. The van der Waals surface area contributed by atoms with E-state index in [1.807, 2.05) is 36.6 Å². The molecule has 0 saturated carbocycles. The fraction of sp³-hybridized carbons (Fsp3) is 0.259. The maximum absolute atomic E-state index is 12.8. The second-order valence-electron chi connectivity index (χ2n) is 8.08. The number of nitrogens with zero attached hydrogens (tertiary/aromatic N) is 2. The van der Waals surface area contributed by atoms with Crippen molar-refractivity contribution in [3.8, 4) is 11.1 Å². The predicted octanol–water partition coefficient (Wildman–Crippen LogP) is 6.00. The zero-order chi connectivity index (χ0) is 24.1. The molecule has 174 valence electrons. The molecular weight excluding hydrogens is 446 g/mol. The maximum atomic E-state index is 12.8. The van der Waals surface area contributed by atoms with Crippen molar-refractivity contribution in [2.45, 2.75) is 33.1 Å². The van der Waals surface area contributed by atoms with E-state index in [-0.39, 0.29) is 11.1 Å². The van der Waals surface area contributed by atoms with E-state index in [1.54, 1.807) is 31.3 Å². The van der Waals surface area contributed by atoms with E-state index in [2.05, 4.69) is 9.89 Å². The van der Waals surface area contributed by atoms with Crippen LogP contribution in [0, 0.1) is 5.41 Å². The Labute approximate surface area is 202 Å². The number of carbonyl (C=O) groups is 1. The van der Waals surface area contributed by atoms with Crippen molar-refractivity contribution < 1.29 is 9.21 Å². The first-order valence-corrected chi connectivity index (χ1v) is 12.3. The zero-order valence-electron chi connectivity index (χ0n) is 19.3. The van der Waals surface area contributed by atoms with Gasteiger partial charge in [-0.2, -0.15) is 0 Å². The van der Waals surface area contributed by atoms with Crippen molar-refractivity contribution in [1.82, 2.24) is 0 Å². The molecule has 0 unspecified atom stereocenters. The van der Waals surface area contributed by atoms with E-state index in [1.165, 1.54) is 17.8 Å². The smallest absolute Gasteiger partial charge is 0.204 e.